The van der Waals surface area contributed by atoms with Gasteiger partial charge in [0.15, 0.2) is 0 Å². The number of halogens is 1. The molecular formula is C12H16FNO4S. The second kappa shape index (κ2) is 5.85. The van der Waals surface area contributed by atoms with Gasteiger partial charge in [-0.15, -0.1) is 0 Å². The molecule has 0 atom stereocenters. The van der Waals surface area contributed by atoms with E-state index in [4.69, 9.17) is 14.6 Å². The van der Waals surface area contributed by atoms with Gasteiger partial charge in [-0.1, -0.05) is 0 Å². The molecule has 0 unspecified atom stereocenters. The molecule has 0 radical (unpaired) electrons. The largest absolute Gasteiger partial charge is 0.492 e. The highest BCUT2D eigenvalue weighted by molar-refractivity contribution is 7.89. The first-order valence-electron chi connectivity index (χ1n) is 6.00. The summed E-state index contributed by atoms with van der Waals surface area (Å²) in [6.45, 7) is 1.73. The molecule has 0 saturated carbocycles. The molecule has 0 spiro atoms. The van der Waals surface area contributed by atoms with E-state index in [1.165, 1.54) is 6.07 Å². The highest BCUT2D eigenvalue weighted by Gasteiger charge is 2.19. The second-order valence-electron chi connectivity index (χ2n) is 4.50. The van der Waals surface area contributed by atoms with Gasteiger partial charge in [-0.05, 0) is 37.0 Å². The van der Waals surface area contributed by atoms with E-state index in [2.05, 4.69) is 0 Å². The third-order valence-corrected chi connectivity index (χ3v) is 3.96. The third kappa shape index (κ3) is 3.89. The van der Waals surface area contributed by atoms with E-state index in [1.54, 1.807) is 0 Å². The number of rotatable bonds is 4. The maximum Gasteiger partial charge on any atom is 0.241 e. The second-order valence-corrected chi connectivity index (χ2v) is 6.03. The zero-order chi connectivity index (χ0) is 13.9. The summed E-state index contributed by atoms with van der Waals surface area (Å²) >= 11 is 0. The summed E-state index contributed by atoms with van der Waals surface area (Å²) < 4.78 is 46.5. The van der Waals surface area contributed by atoms with Crippen molar-refractivity contribution in [2.45, 2.75) is 17.7 Å². The molecule has 2 N–H and O–H groups in total. The van der Waals surface area contributed by atoms with E-state index in [-0.39, 0.29) is 10.6 Å². The molecule has 7 heteroatoms. The normalized spacial score (nSPS) is 17.4. The molecule has 5 nitrogen and oxygen atoms in total. The number of hydrogen-bond acceptors (Lipinski definition) is 4. The molecule has 0 aliphatic carbocycles. The van der Waals surface area contributed by atoms with E-state index in [0.29, 0.717) is 25.7 Å². The summed E-state index contributed by atoms with van der Waals surface area (Å²) in [6, 6.07) is 3.30. The van der Waals surface area contributed by atoms with Crippen molar-refractivity contribution in [1.29, 1.82) is 0 Å². The topological polar surface area (TPSA) is 78.6 Å². The summed E-state index contributed by atoms with van der Waals surface area (Å²) in [4.78, 5) is -0.320. The van der Waals surface area contributed by atoms with E-state index in [1.807, 2.05) is 0 Å². The van der Waals surface area contributed by atoms with Crippen molar-refractivity contribution in [3.05, 3.63) is 24.0 Å². The maximum absolute atomic E-state index is 13.1. The summed E-state index contributed by atoms with van der Waals surface area (Å²) in [7, 11) is -4.00. The van der Waals surface area contributed by atoms with Crippen molar-refractivity contribution < 1.29 is 22.3 Å². The van der Waals surface area contributed by atoms with Gasteiger partial charge in [0.05, 0.1) is 6.61 Å². The van der Waals surface area contributed by atoms with Crippen molar-refractivity contribution in [2.24, 2.45) is 11.1 Å². The number of hydrogen-bond donors (Lipinski definition) is 1. The highest BCUT2D eigenvalue weighted by Crippen LogP contribution is 2.25. The molecule has 106 valence electrons. The van der Waals surface area contributed by atoms with Crippen molar-refractivity contribution in [3.8, 4) is 5.75 Å². The van der Waals surface area contributed by atoms with Gasteiger partial charge in [-0.2, -0.15) is 0 Å². The number of nitrogens with two attached hydrogens (primary N) is 1. The fourth-order valence-corrected chi connectivity index (χ4v) is 2.63. The Balaban J connectivity index is 2.11. The van der Waals surface area contributed by atoms with Crippen molar-refractivity contribution in [3.63, 3.8) is 0 Å². The van der Waals surface area contributed by atoms with Gasteiger partial charge in [0.1, 0.15) is 16.5 Å². The van der Waals surface area contributed by atoms with Crippen LogP contribution in [0.4, 0.5) is 4.39 Å². The first kappa shape index (κ1) is 14.2. The molecule has 0 aromatic heterocycles. The first-order chi connectivity index (χ1) is 8.97. The fraction of sp³-hybridized carbons (Fsp3) is 0.500. The van der Waals surface area contributed by atoms with Gasteiger partial charge in [-0.25, -0.2) is 17.9 Å². The number of benzene rings is 1. The lowest BCUT2D eigenvalue weighted by Gasteiger charge is -2.22. The van der Waals surface area contributed by atoms with Crippen LogP contribution in [0, 0.1) is 11.7 Å². The van der Waals surface area contributed by atoms with Gasteiger partial charge in [0.25, 0.3) is 0 Å². The molecule has 19 heavy (non-hydrogen) atoms. The van der Waals surface area contributed by atoms with E-state index < -0.39 is 15.8 Å². The maximum atomic E-state index is 13.1. The van der Waals surface area contributed by atoms with E-state index in [9.17, 15) is 12.8 Å². The Hall–Kier alpha value is -1.18. The van der Waals surface area contributed by atoms with Crippen molar-refractivity contribution in [2.75, 3.05) is 19.8 Å². The Morgan fingerprint density at radius 1 is 1.37 bits per heavy atom. The standard InChI is InChI=1S/C12H16FNO4S/c13-10-1-2-11(12(7-10)19(14,15)16)18-8-9-3-5-17-6-4-9/h1-2,7,9H,3-6,8H2,(H2,14,15,16). The van der Waals surface area contributed by atoms with Crippen LogP contribution in [0.5, 0.6) is 5.75 Å². The lowest BCUT2D eigenvalue weighted by molar-refractivity contribution is 0.0493. The fourth-order valence-electron chi connectivity index (χ4n) is 1.94. The quantitative estimate of drug-likeness (QED) is 0.905. The molecular weight excluding hydrogens is 273 g/mol. The third-order valence-electron chi connectivity index (χ3n) is 3.03. The Kier molecular flexibility index (Phi) is 4.38. The summed E-state index contributed by atoms with van der Waals surface area (Å²) in [5.74, 6) is -0.259. The minimum Gasteiger partial charge on any atom is -0.492 e. The van der Waals surface area contributed by atoms with Gasteiger partial charge in [-0.3, -0.25) is 0 Å². The van der Waals surface area contributed by atoms with E-state index >= 15 is 0 Å². The molecule has 1 aliphatic rings. The monoisotopic (exact) mass is 289 g/mol. The summed E-state index contributed by atoms with van der Waals surface area (Å²) in [5, 5.41) is 5.04. The summed E-state index contributed by atoms with van der Waals surface area (Å²) in [5.41, 5.74) is 0. The van der Waals surface area contributed by atoms with Crippen LogP contribution in [0.15, 0.2) is 23.1 Å². The molecule has 1 fully saturated rings. The molecule has 0 bridgehead atoms. The van der Waals surface area contributed by atoms with Crippen molar-refractivity contribution >= 4 is 10.0 Å². The zero-order valence-electron chi connectivity index (χ0n) is 10.3. The molecule has 0 amide bonds. The molecule has 2 rings (SSSR count). The number of primary sulfonamides is 1. The van der Waals surface area contributed by atoms with Crippen LogP contribution in [0.3, 0.4) is 0 Å². The van der Waals surface area contributed by atoms with Crippen LogP contribution in [-0.4, -0.2) is 28.2 Å². The average Bonchev–Trinajstić information content (AvgIpc) is 2.37. The van der Waals surface area contributed by atoms with Crippen LogP contribution in [0.1, 0.15) is 12.8 Å². The smallest absolute Gasteiger partial charge is 0.241 e. The Morgan fingerprint density at radius 3 is 2.68 bits per heavy atom. The first-order valence-corrected chi connectivity index (χ1v) is 7.54. The minimum absolute atomic E-state index is 0.0930. The van der Waals surface area contributed by atoms with Crippen LogP contribution in [0.25, 0.3) is 0 Å². The lowest BCUT2D eigenvalue weighted by atomic mass is 10.0. The molecule has 1 heterocycles. The predicted molar refractivity (Wildman–Crippen MR) is 66.8 cm³/mol. The zero-order valence-corrected chi connectivity index (χ0v) is 11.2. The molecule has 1 aromatic rings. The predicted octanol–water partition coefficient (Wildman–Crippen LogP) is 1.28. The highest BCUT2D eigenvalue weighted by atomic mass is 32.2. The van der Waals surface area contributed by atoms with Crippen LogP contribution in [-0.2, 0) is 14.8 Å². The Labute approximate surface area is 111 Å². The van der Waals surface area contributed by atoms with Gasteiger partial charge < -0.3 is 9.47 Å². The number of ether oxygens (including phenoxy) is 2. The molecule has 1 aliphatic heterocycles. The summed E-state index contributed by atoms with van der Waals surface area (Å²) in [6.07, 6.45) is 1.73. The minimum atomic E-state index is -4.00. The molecule has 1 aromatic carbocycles. The van der Waals surface area contributed by atoms with Crippen LogP contribution < -0.4 is 9.88 Å². The van der Waals surface area contributed by atoms with Gasteiger partial charge in [0.2, 0.25) is 10.0 Å². The van der Waals surface area contributed by atoms with Crippen LogP contribution in [0.2, 0.25) is 0 Å². The molecule has 1 saturated heterocycles. The van der Waals surface area contributed by atoms with Gasteiger partial charge in [0, 0.05) is 13.2 Å². The van der Waals surface area contributed by atoms with Gasteiger partial charge >= 0.3 is 0 Å². The number of sulfonamides is 1. The SMILES string of the molecule is NS(=O)(=O)c1cc(F)ccc1OCC1CCOCC1. The van der Waals surface area contributed by atoms with Crippen LogP contribution >= 0.6 is 0 Å². The average molecular weight is 289 g/mol. The lowest BCUT2D eigenvalue weighted by Crippen LogP contribution is -2.22. The van der Waals surface area contributed by atoms with E-state index in [0.717, 1.165) is 25.0 Å². The Morgan fingerprint density at radius 2 is 2.05 bits per heavy atom. The Bertz CT molecular complexity index is 541. The van der Waals surface area contributed by atoms with Crippen molar-refractivity contribution in [1.82, 2.24) is 0 Å².